The molecule has 2 aliphatic rings. The summed E-state index contributed by atoms with van der Waals surface area (Å²) in [6, 6.07) is 44.0. The molecule has 0 aliphatic heterocycles. The van der Waals surface area contributed by atoms with E-state index in [0.29, 0.717) is 33.8 Å². The van der Waals surface area contributed by atoms with Crippen LogP contribution in [0.5, 0.6) is 11.5 Å². The minimum atomic E-state index is -0.381. The number of phenols is 2. The predicted molar refractivity (Wildman–Crippen MR) is 607 cm³/mol. The first kappa shape index (κ1) is 121. The molecule has 2 aliphatic carbocycles. The lowest BCUT2D eigenvalue weighted by molar-refractivity contribution is -0.480. The lowest BCUT2D eigenvalue weighted by Gasteiger charge is -2.22. The van der Waals surface area contributed by atoms with E-state index in [-0.39, 0.29) is 116 Å². The lowest BCUT2D eigenvalue weighted by atomic mass is 9.82. The Kier molecular flexibility index (Phi) is 61.5. The van der Waals surface area contributed by atoms with E-state index >= 15 is 0 Å². The van der Waals surface area contributed by atoms with Crippen LogP contribution in [0.2, 0.25) is 0 Å². The number of carbonyl (C=O) groups is 6. The van der Waals surface area contributed by atoms with Gasteiger partial charge in [0.1, 0.15) is 30.4 Å². The van der Waals surface area contributed by atoms with Gasteiger partial charge in [-0.25, -0.2) is 0 Å². The van der Waals surface area contributed by atoms with E-state index in [4.69, 9.17) is 9.47 Å². The quantitative estimate of drug-likeness (QED) is 0.0123. The molecule has 0 aromatic heterocycles. The summed E-state index contributed by atoms with van der Waals surface area (Å²) < 4.78 is 15.2. The molecular weight excluding hydrogens is 2100 g/mol. The summed E-state index contributed by atoms with van der Waals surface area (Å²) in [4.78, 5) is 81.6. The Balaban J connectivity index is 0.000000347. The number of benzene rings is 8. The highest BCUT2D eigenvalue weighted by Gasteiger charge is 2.38. The molecule has 8 aromatic rings. The van der Waals surface area contributed by atoms with Crippen molar-refractivity contribution in [2.24, 2.45) is 11.8 Å². The highest BCUT2D eigenvalue weighted by atomic mass is 79.9. The number of esters is 2. The molecule has 5 N–H and O–H groups in total. The maximum atomic E-state index is 13.7. The van der Waals surface area contributed by atoms with E-state index in [2.05, 4.69) is 109 Å². The number of carbonyl (C=O) groups excluding carboxylic acids is 6. The van der Waals surface area contributed by atoms with Crippen LogP contribution in [-0.4, -0.2) is 45.3 Å². The molecule has 0 spiro atoms. The van der Waals surface area contributed by atoms with Crippen LogP contribution in [0.1, 0.15) is 513 Å². The SMILES string of the molecule is CCCCCCCCCCCCCCCCCCC(CCCCCCCCCCCCCCCC)C(=O)OCc1ccc(-c2cc(Br)c(Nc3ccc(O)c4c3C(=O)c3ccccc3C4=O)c(Br)c2)cc1.CCCCCCCCCCCCCCCCCCC(CCCCCCCCCCCCCCCC)C(=O)OCc1ccc(-c2cc(Br)c([NH2+]c3ccc(O)c4c3C(=O)c3ccccc3C4=O)c(Br)c2)cc1.[Br-]. The van der Waals surface area contributed by atoms with Crippen molar-refractivity contribution in [2.45, 2.75) is 452 Å². The molecule has 10 rings (SSSR count). The van der Waals surface area contributed by atoms with Gasteiger partial charge >= 0.3 is 11.9 Å². The molecule has 0 saturated carbocycles. The monoisotopic (exact) mass is 2270 g/mol. The number of hydrogen-bond donors (Lipinski definition) is 4. The standard InChI is InChI=1S/2C63H87Br2NO5.BrH/c2*1-3-5-7-9-11-13-15-17-19-20-22-24-26-28-30-32-36-50(35-31-29-27-25-23-21-18-16-14-12-10-8-6-4-2)63(70)71-47-48-39-41-49(42-40-48)51-45-54(64)60(55(65)46-51)66-56-43-44-57(67)59-58(56)61(68)52-37-33-34-38-53(52)62(59)69;/h2*33-34,37-46,50,66-67H,3-32,35-36,47H2,1-2H3;1H. The van der Waals surface area contributed by atoms with Gasteiger partial charge in [0.2, 0.25) is 5.78 Å². The zero-order chi connectivity index (χ0) is 101. The Bertz CT molecular complexity index is 4670. The predicted octanol–water partition coefficient (Wildman–Crippen LogP) is 36.4. The summed E-state index contributed by atoms with van der Waals surface area (Å²) >= 11 is 15.0. The number of nitrogens with one attached hydrogen (secondary N) is 1. The third-order valence-corrected chi connectivity index (χ3v) is 32.0. The second-order valence-corrected chi connectivity index (χ2v) is 44.5. The molecule has 0 heterocycles. The molecule has 0 radical (unpaired) electrons. The first-order valence-electron chi connectivity index (χ1n) is 56.7. The minimum absolute atomic E-state index is 0. The number of aromatic hydroxyl groups is 2. The number of unbranched alkanes of at least 4 members (excludes halogenated alkanes) is 56. The number of ether oxygens (including phenoxy) is 2. The Morgan fingerprint density at radius 1 is 0.287 bits per heavy atom. The number of rotatable bonds is 76. The Morgan fingerprint density at radius 2 is 0.524 bits per heavy atom. The van der Waals surface area contributed by atoms with Gasteiger partial charge in [-0.2, -0.15) is 0 Å². The molecule has 2 unspecified atom stereocenters. The van der Waals surface area contributed by atoms with Gasteiger partial charge in [0.05, 0.1) is 54.4 Å². The molecule has 784 valence electrons. The maximum absolute atomic E-state index is 13.7. The number of quaternary nitrogens is 1. The number of hydrogen-bond acceptors (Lipinski definition) is 11. The van der Waals surface area contributed by atoms with Gasteiger partial charge in [0, 0.05) is 37.3 Å². The van der Waals surface area contributed by atoms with Crippen molar-refractivity contribution in [1.82, 2.24) is 0 Å². The third-order valence-electron chi connectivity index (χ3n) is 29.4. The number of nitrogens with two attached hydrogens (primary N) is 1. The molecule has 0 bridgehead atoms. The van der Waals surface area contributed by atoms with Crippen molar-refractivity contribution in [3.05, 3.63) is 219 Å². The van der Waals surface area contributed by atoms with Gasteiger partial charge in [-0.3, -0.25) is 34.1 Å². The van der Waals surface area contributed by atoms with Crippen LogP contribution in [0.3, 0.4) is 0 Å². The van der Waals surface area contributed by atoms with Gasteiger partial charge < -0.3 is 42.0 Å². The summed E-state index contributed by atoms with van der Waals surface area (Å²) in [6.07, 6.45) is 84.0. The number of ketones is 4. The lowest BCUT2D eigenvalue weighted by Crippen LogP contribution is -3.00. The fourth-order valence-electron chi connectivity index (χ4n) is 20.6. The minimum Gasteiger partial charge on any atom is -1.00 e. The topological polar surface area (TPSA) is 190 Å². The molecular formula is C126H175Br5N2O10. The third kappa shape index (κ3) is 43.3. The van der Waals surface area contributed by atoms with Crippen LogP contribution >= 0.6 is 63.7 Å². The van der Waals surface area contributed by atoms with Gasteiger partial charge in [0.25, 0.3) is 0 Å². The van der Waals surface area contributed by atoms with E-state index in [1.165, 1.54) is 372 Å². The van der Waals surface area contributed by atoms with E-state index in [1.807, 2.05) is 66.0 Å². The van der Waals surface area contributed by atoms with Gasteiger partial charge in [-0.1, -0.05) is 510 Å². The Hall–Kier alpha value is -6.86. The summed E-state index contributed by atoms with van der Waals surface area (Å²) in [5.41, 5.74) is 9.91. The summed E-state index contributed by atoms with van der Waals surface area (Å²) in [6.45, 7) is 9.66. The molecule has 0 amide bonds. The molecule has 143 heavy (non-hydrogen) atoms. The summed E-state index contributed by atoms with van der Waals surface area (Å²) in [5.74, 6) is -1.96. The van der Waals surface area contributed by atoms with Crippen molar-refractivity contribution in [3.8, 4) is 33.8 Å². The summed E-state index contributed by atoms with van der Waals surface area (Å²) in [5, 5.41) is 26.6. The number of halogens is 5. The van der Waals surface area contributed by atoms with Gasteiger partial charge in [-0.05, 0) is 165 Å². The molecule has 0 saturated heterocycles. The van der Waals surface area contributed by atoms with Crippen LogP contribution in [0.25, 0.3) is 22.3 Å². The van der Waals surface area contributed by atoms with E-state index in [0.717, 1.165) is 108 Å². The summed E-state index contributed by atoms with van der Waals surface area (Å²) in [7, 11) is 0. The first-order chi connectivity index (χ1) is 69.5. The smallest absolute Gasteiger partial charge is 0.309 e. The normalized spacial score (nSPS) is 12.4. The van der Waals surface area contributed by atoms with Crippen molar-refractivity contribution < 1.29 is 70.8 Å². The van der Waals surface area contributed by atoms with E-state index < -0.39 is 0 Å². The highest BCUT2D eigenvalue weighted by molar-refractivity contribution is 9.11. The average Bonchev–Trinajstić information content (AvgIpc) is 0.753. The second-order valence-electron chi connectivity index (χ2n) is 41.1. The second kappa shape index (κ2) is 72.5. The van der Waals surface area contributed by atoms with E-state index in [1.54, 1.807) is 60.7 Å². The fraction of sp³-hybridized carbons (Fsp3) is 0.571. The van der Waals surface area contributed by atoms with Crippen LogP contribution in [-0.2, 0) is 32.3 Å². The number of phenolic OH excluding ortho intramolecular Hbond substituents is 2. The van der Waals surface area contributed by atoms with Crippen LogP contribution in [0.4, 0.5) is 22.7 Å². The Morgan fingerprint density at radius 3 is 0.804 bits per heavy atom. The number of anilines is 2. The molecule has 2 atom stereocenters. The zero-order valence-electron chi connectivity index (χ0n) is 87.8. The number of fused-ring (bicyclic) bond motifs is 4. The van der Waals surface area contributed by atoms with Crippen LogP contribution < -0.4 is 27.6 Å². The van der Waals surface area contributed by atoms with Crippen molar-refractivity contribution in [3.63, 3.8) is 0 Å². The van der Waals surface area contributed by atoms with Crippen LogP contribution in [0.15, 0.2) is 163 Å². The zero-order valence-corrected chi connectivity index (χ0v) is 95.7. The highest BCUT2D eigenvalue weighted by Crippen LogP contribution is 2.45. The largest absolute Gasteiger partial charge is 1.00 e. The molecule has 0 fully saturated rings. The van der Waals surface area contributed by atoms with Gasteiger partial charge in [0.15, 0.2) is 23.0 Å². The van der Waals surface area contributed by atoms with E-state index in [9.17, 15) is 39.0 Å². The molecule has 12 nitrogen and oxygen atoms in total. The van der Waals surface area contributed by atoms with Crippen molar-refractivity contribution >= 4 is 122 Å². The maximum Gasteiger partial charge on any atom is 0.309 e. The Labute approximate surface area is 906 Å². The van der Waals surface area contributed by atoms with Gasteiger partial charge in [-0.15, -0.1) is 0 Å². The van der Waals surface area contributed by atoms with Crippen molar-refractivity contribution in [2.75, 3.05) is 5.32 Å². The average molecular weight is 2280 g/mol. The fourth-order valence-corrected chi connectivity index (χ4v) is 23.4. The molecule has 8 aromatic carbocycles. The molecule has 17 heteroatoms. The van der Waals surface area contributed by atoms with Crippen molar-refractivity contribution in [1.29, 1.82) is 0 Å². The van der Waals surface area contributed by atoms with Crippen LogP contribution in [0, 0.1) is 11.8 Å². The first-order valence-corrected chi connectivity index (χ1v) is 59.8.